The molecule has 0 aromatic carbocycles. The van der Waals surface area contributed by atoms with E-state index in [1.54, 1.807) is 0 Å². The number of guanidine groups is 1. The van der Waals surface area contributed by atoms with Gasteiger partial charge >= 0.3 is 0 Å². The van der Waals surface area contributed by atoms with Crippen LogP contribution in [0.4, 0.5) is 0 Å². The van der Waals surface area contributed by atoms with Gasteiger partial charge in [-0.05, 0) is 19.8 Å². The monoisotopic (exact) mass is 362 g/mol. The highest BCUT2D eigenvalue weighted by Crippen LogP contribution is 2.34. The molecule has 2 heterocycles. The molecule has 2 fully saturated rings. The van der Waals surface area contributed by atoms with Crippen LogP contribution in [0.25, 0.3) is 0 Å². The van der Waals surface area contributed by atoms with Gasteiger partial charge in [0.1, 0.15) is 0 Å². The topological polar surface area (TPSA) is 66.7 Å². The third-order valence-electron chi connectivity index (χ3n) is 5.56. The summed E-state index contributed by atoms with van der Waals surface area (Å²) >= 11 is 0. The molecular weight excluding hydrogens is 328 g/mol. The van der Waals surface area contributed by atoms with Crippen LogP contribution >= 0.6 is 0 Å². The molecule has 1 aliphatic carbocycles. The quantitative estimate of drug-likeness (QED) is 0.568. The van der Waals surface area contributed by atoms with Crippen LogP contribution in [0, 0.1) is 0 Å². The first-order chi connectivity index (χ1) is 12.8. The first-order valence-corrected chi connectivity index (χ1v) is 10.1. The number of nitrogens with zero attached hydrogens (tertiary/aromatic N) is 4. The fourth-order valence-electron chi connectivity index (χ4n) is 4.11. The van der Waals surface area contributed by atoms with E-state index < -0.39 is 0 Å². The molecule has 0 amide bonds. The Morgan fingerprint density at radius 3 is 2.69 bits per heavy atom. The predicted molar refractivity (Wildman–Crippen MR) is 104 cm³/mol. The number of imidazole rings is 1. The largest absolute Gasteiger partial charge is 0.379 e. The van der Waals surface area contributed by atoms with Gasteiger partial charge in [-0.25, -0.2) is 4.98 Å². The van der Waals surface area contributed by atoms with Crippen molar-refractivity contribution in [2.45, 2.75) is 51.1 Å². The van der Waals surface area contributed by atoms with E-state index in [2.05, 4.69) is 32.0 Å². The van der Waals surface area contributed by atoms with Crippen LogP contribution in [-0.2, 0) is 11.3 Å². The van der Waals surface area contributed by atoms with Crippen LogP contribution in [0.2, 0.25) is 0 Å². The fourth-order valence-corrected chi connectivity index (χ4v) is 4.11. The Bertz CT molecular complexity index is 532. The van der Waals surface area contributed by atoms with Crippen LogP contribution in [-0.4, -0.2) is 71.9 Å². The zero-order valence-corrected chi connectivity index (χ0v) is 16.1. The van der Waals surface area contributed by atoms with E-state index in [0.717, 1.165) is 58.4 Å². The second kappa shape index (κ2) is 9.92. The van der Waals surface area contributed by atoms with Crippen LogP contribution in [0.3, 0.4) is 0 Å². The van der Waals surface area contributed by atoms with Crippen molar-refractivity contribution >= 4 is 5.96 Å². The Labute approximate surface area is 157 Å². The van der Waals surface area contributed by atoms with E-state index in [1.165, 1.54) is 32.1 Å². The summed E-state index contributed by atoms with van der Waals surface area (Å²) in [5.74, 6) is 0.922. The number of rotatable bonds is 7. The maximum atomic E-state index is 5.58. The lowest BCUT2D eigenvalue weighted by Crippen LogP contribution is -2.56. The Kier molecular flexibility index (Phi) is 7.32. The van der Waals surface area contributed by atoms with Crippen LogP contribution in [0.1, 0.15) is 39.0 Å². The van der Waals surface area contributed by atoms with Crippen molar-refractivity contribution in [2.75, 3.05) is 45.9 Å². The van der Waals surface area contributed by atoms with Gasteiger partial charge in [0, 0.05) is 50.7 Å². The van der Waals surface area contributed by atoms with Crippen molar-refractivity contribution < 1.29 is 4.74 Å². The average molecular weight is 363 g/mol. The van der Waals surface area contributed by atoms with Gasteiger partial charge in [-0.2, -0.15) is 0 Å². The molecule has 1 aromatic rings. The summed E-state index contributed by atoms with van der Waals surface area (Å²) in [6.07, 6.45) is 12.2. The van der Waals surface area contributed by atoms with E-state index in [1.807, 2.05) is 18.7 Å². The molecule has 7 nitrogen and oxygen atoms in total. The minimum Gasteiger partial charge on any atom is -0.379 e. The van der Waals surface area contributed by atoms with Crippen LogP contribution in [0.5, 0.6) is 0 Å². The van der Waals surface area contributed by atoms with Gasteiger partial charge in [-0.15, -0.1) is 0 Å². The van der Waals surface area contributed by atoms with Gasteiger partial charge in [-0.3, -0.25) is 9.89 Å². The molecule has 1 saturated heterocycles. The summed E-state index contributed by atoms with van der Waals surface area (Å²) < 4.78 is 7.65. The molecular formula is C19H34N6O. The van der Waals surface area contributed by atoms with Gasteiger partial charge in [0.2, 0.25) is 0 Å². The van der Waals surface area contributed by atoms with E-state index >= 15 is 0 Å². The van der Waals surface area contributed by atoms with Crippen molar-refractivity contribution in [3.8, 4) is 0 Å². The second-order valence-electron chi connectivity index (χ2n) is 7.31. The highest BCUT2D eigenvalue weighted by molar-refractivity contribution is 5.79. The van der Waals surface area contributed by atoms with Gasteiger partial charge in [-0.1, -0.05) is 19.3 Å². The van der Waals surface area contributed by atoms with Crippen molar-refractivity contribution in [1.29, 1.82) is 0 Å². The Balaban J connectivity index is 1.60. The lowest BCUT2D eigenvalue weighted by Gasteiger charge is -2.47. The number of aromatic nitrogens is 2. The summed E-state index contributed by atoms with van der Waals surface area (Å²) in [6.45, 7) is 9.38. The summed E-state index contributed by atoms with van der Waals surface area (Å²) in [5.41, 5.74) is 0.217. The predicted octanol–water partition coefficient (Wildman–Crippen LogP) is 1.47. The smallest absolute Gasteiger partial charge is 0.191 e. The first-order valence-electron chi connectivity index (χ1n) is 10.1. The number of morpholine rings is 1. The molecule has 2 aliphatic rings. The zero-order valence-electron chi connectivity index (χ0n) is 16.1. The fraction of sp³-hybridized carbons (Fsp3) is 0.789. The lowest BCUT2D eigenvalue weighted by molar-refractivity contribution is -0.0333. The molecule has 0 radical (unpaired) electrons. The second-order valence-corrected chi connectivity index (χ2v) is 7.31. The normalized spacial score (nSPS) is 21.5. The van der Waals surface area contributed by atoms with E-state index in [0.29, 0.717) is 0 Å². The Hall–Kier alpha value is -1.60. The summed E-state index contributed by atoms with van der Waals surface area (Å²) in [6, 6.07) is 0. The molecule has 1 aliphatic heterocycles. The average Bonchev–Trinajstić information content (AvgIpc) is 3.21. The summed E-state index contributed by atoms with van der Waals surface area (Å²) in [4.78, 5) is 11.7. The van der Waals surface area contributed by atoms with Gasteiger partial charge in [0.05, 0.1) is 26.1 Å². The Morgan fingerprint density at radius 1 is 1.19 bits per heavy atom. The van der Waals surface area contributed by atoms with Crippen molar-refractivity contribution in [2.24, 2.45) is 4.99 Å². The maximum absolute atomic E-state index is 5.58. The number of hydrogen-bond donors (Lipinski definition) is 2. The van der Waals surface area contributed by atoms with Crippen molar-refractivity contribution in [3.63, 3.8) is 0 Å². The van der Waals surface area contributed by atoms with Crippen LogP contribution < -0.4 is 10.6 Å². The molecule has 0 atom stereocenters. The zero-order chi connectivity index (χ0) is 18.1. The first kappa shape index (κ1) is 19.2. The van der Waals surface area contributed by atoms with Crippen LogP contribution in [0.15, 0.2) is 23.7 Å². The molecule has 0 bridgehead atoms. The standard InChI is InChI=1S/C19H34N6O/c1-2-21-18(22-9-11-24-10-8-20-17-24)23-16-19(6-4-3-5-7-19)25-12-14-26-15-13-25/h8,10,17H,2-7,9,11-16H2,1H3,(H2,21,22,23). The molecule has 1 saturated carbocycles. The van der Waals surface area contributed by atoms with Gasteiger partial charge < -0.3 is 19.9 Å². The van der Waals surface area contributed by atoms with E-state index in [-0.39, 0.29) is 5.54 Å². The molecule has 3 rings (SSSR count). The van der Waals surface area contributed by atoms with Gasteiger partial charge in [0.25, 0.3) is 0 Å². The molecule has 26 heavy (non-hydrogen) atoms. The maximum Gasteiger partial charge on any atom is 0.191 e. The van der Waals surface area contributed by atoms with Crippen molar-refractivity contribution in [3.05, 3.63) is 18.7 Å². The highest BCUT2D eigenvalue weighted by Gasteiger charge is 2.38. The minimum absolute atomic E-state index is 0.217. The highest BCUT2D eigenvalue weighted by atomic mass is 16.5. The third-order valence-corrected chi connectivity index (χ3v) is 5.56. The number of ether oxygens (including phenoxy) is 1. The molecule has 7 heteroatoms. The van der Waals surface area contributed by atoms with E-state index in [4.69, 9.17) is 9.73 Å². The number of hydrogen-bond acceptors (Lipinski definition) is 4. The van der Waals surface area contributed by atoms with E-state index in [9.17, 15) is 0 Å². The molecule has 146 valence electrons. The number of aliphatic imine (C=N–C) groups is 1. The molecule has 2 N–H and O–H groups in total. The summed E-state index contributed by atoms with van der Waals surface area (Å²) in [5, 5.41) is 6.86. The van der Waals surface area contributed by atoms with Crippen molar-refractivity contribution in [1.82, 2.24) is 25.1 Å². The SMILES string of the molecule is CCNC(=NCC1(N2CCOCC2)CCCCC1)NCCn1ccnc1. The summed E-state index contributed by atoms with van der Waals surface area (Å²) in [7, 11) is 0. The van der Waals surface area contributed by atoms with Gasteiger partial charge in [0.15, 0.2) is 5.96 Å². The third kappa shape index (κ3) is 5.20. The molecule has 0 unspecified atom stereocenters. The number of nitrogens with one attached hydrogen (secondary N) is 2. The minimum atomic E-state index is 0.217. The molecule has 1 aromatic heterocycles. The Morgan fingerprint density at radius 2 is 2.00 bits per heavy atom. The lowest BCUT2D eigenvalue weighted by atomic mass is 9.80. The molecule has 0 spiro atoms.